The SMILES string of the molecule is CC[C@@H](Oc1cccc(OC)c1)C(=O)NCCCc1ccc(C)cc1. The van der Waals surface area contributed by atoms with E-state index in [9.17, 15) is 4.79 Å². The van der Waals surface area contributed by atoms with Gasteiger partial charge in [0.05, 0.1) is 7.11 Å². The molecule has 2 aromatic rings. The standard InChI is InChI=1S/C21H27NO3/c1-4-20(25-19-9-5-8-18(15-19)24-3)21(23)22-14-6-7-17-12-10-16(2)11-13-17/h5,8-13,15,20H,4,6-7,14H2,1-3H3,(H,22,23)/t20-/m1/s1. The summed E-state index contributed by atoms with van der Waals surface area (Å²) in [5.41, 5.74) is 2.55. The third kappa shape index (κ3) is 6.14. The maximum Gasteiger partial charge on any atom is 0.261 e. The Hall–Kier alpha value is -2.49. The minimum absolute atomic E-state index is 0.0748. The first kappa shape index (κ1) is 18.8. The van der Waals surface area contributed by atoms with Crippen LogP contribution in [-0.2, 0) is 11.2 Å². The normalized spacial score (nSPS) is 11.6. The molecule has 0 aromatic heterocycles. The van der Waals surface area contributed by atoms with Crippen LogP contribution in [0.5, 0.6) is 11.5 Å². The lowest BCUT2D eigenvalue weighted by Gasteiger charge is -2.17. The molecule has 0 saturated carbocycles. The van der Waals surface area contributed by atoms with Crippen LogP contribution in [0.15, 0.2) is 48.5 Å². The van der Waals surface area contributed by atoms with Crippen LogP contribution in [0.4, 0.5) is 0 Å². The van der Waals surface area contributed by atoms with Crippen LogP contribution in [0.1, 0.15) is 30.9 Å². The summed E-state index contributed by atoms with van der Waals surface area (Å²) in [6.45, 7) is 4.67. The number of methoxy groups -OCH3 is 1. The average molecular weight is 341 g/mol. The molecule has 2 rings (SSSR count). The zero-order valence-corrected chi connectivity index (χ0v) is 15.2. The van der Waals surface area contributed by atoms with Crippen LogP contribution in [-0.4, -0.2) is 25.7 Å². The van der Waals surface area contributed by atoms with Crippen molar-refractivity contribution in [2.75, 3.05) is 13.7 Å². The number of benzene rings is 2. The molecule has 134 valence electrons. The van der Waals surface area contributed by atoms with Gasteiger partial charge in [0.2, 0.25) is 0 Å². The first-order chi connectivity index (χ1) is 12.1. The summed E-state index contributed by atoms with van der Waals surface area (Å²) in [7, 11) is 1.61. The van der Waals surface area contributed by atoms with E-state index in [0.29, 0.717) is 24.5 Å². The number of ether oxygens (including phenoxy) is 2. The Morgan fingerprint density at radius 2 is 1.84 bits per heavy atom. The van der Waals surface area contributed by atoms with Gasteiger partial charge in [-0.3, -0.25) is 4.79 Å². The number of aryl methyl sites for hydroxylation is 2. The predicted molar refractivity (Wildman–Crippen MR) is 100 cm³/mol. The molecule has 0 unspecified atom stereocenters. The van der Waals surface area contributed by atoms with Crippen molar-refractivity contribution in [2.24, 2.45) is 0 Å². The fraction of sp³-hybridized carbons (Fsp3) is 0.381. The van der Waals surface area contributed by atoms with Gasteiger partial charge in [-0.1, -0.05) is 42.8 Å². The number of rotatable bonds is 9. The molecular weight excluding hydrogens is 314 g/mol. The highest BCUT2D eigenvalue weighted by Gasteiger charge is 2.18. The molecule has 0 aliphatic carbocycles. The Morgan fingerprint density at radius 1 is 1.12 bits per heavy atom. The lowest BCUT2D eigenvalue weighted by molar-refractivity contribution is -0.128. The summed E-state index contributed by atoms with van der Waals surface area (Å²) in [5.74, 6) is 1.28. The Labute approximate surface area is 150 Å². The second kappa shape index (κ2) is 9.72. The van der Waals surface area contributed by atoms with Crippen molar-refractivity contribution in [1.82, 2.24) is 5.32 Å². The van der Waals surface area contributed by atoms with Crippen molar-refractivity contribution in [1.29, 1.82) is 0 Å². The maximum atomic E-state index is 12.3. The fourth-order valence-corrected chi connectivity index (χ4v) is 2.53. The molecule has 1 amide bonds. The van der Waals surface area contributed by atoms with E-state index < -0.39 is 6.10 Å². The van der Waals surface area contributed by atoms with Gasteiger partial charge in [0.1, 0.15) is 11.5 Å². The summed E-state index contributed by atoms with van der Waals surface area (Å²) in [5, 5.41) is 2.97. The molecule has 0 aliphatic heterocycles. The Balaban J connectivity index is 1.78. The lowest BCUT2D eigenvalue weighted by Crippen LogP contribution is -2.38. The van der Waals surface area contributed by atoms with E-state index in [-0.39, 0.29) is 5.91 Å². The second-order valence-corrected chi connectivity index (χ2v) is 6.07. The molecular formula is C21H27NO3. The highest BCUT2D eigenvalue weighted by Crippen LogP contribution is 2.20. The molecule has 2 aromatic carbocycles. The van der Waals surface area contributed by atoms with E-state index >= 15 is 0 Å². The van der Waals surface area contributed by atoms with Crippen molar-refractivity contribution in [2.45, 2.75) is 39.2 Å². The van der Waals surface area contributed by atoms with Gasteiger partial charge in [-0.05, 0) is 43.9 Å². The first-order valence-electron chi connectivity index (χ1n) is 8.76. The van der Waals surface area contributed by atoms with Gasteiger partial charge in [0.15, 0.2) is 6.10 Å². The molecule has 0 aliphatic rings. The topological polar surface area (TPSA) is 47.6 Å². The number of nitrogens with one attached hydrogen (secondary N) is 1. The summed E-state index contributed by atoms with van der Waals surface area (Å²) >= 11 is 0. The quantitative estimate of drug-likeness (QED) is 0.704. The predicted octanol–water partition coefficient (Wildman–Crippen LogP) is 3.91. The van der Waals surface area contributed by atoms with E-state index in [2.05, 4.69) is 36.5 Å². The number of hydrogen-bond donors (Lipinski definition) is 1. The zero-order chi connectivity index (χ0) is 18.1. The maximum absolute atomic E-state index is 12.3. The zero-order valence-electron chi connectivity index (χ0n) is 15.2. The average Bonchev–Trinajstić information content (AvgIpc) is 2.64. The van der Waals surface area contributed by atoms with Gasteiger partial charge in [-0.2, -0.15) is 0 Å². The fourth-order valence-electron chi connectivity index (χ4n) is 2.53. The second-order valence-electron chi connectivity index (χ2n) is 6.07. The van der Waals surface area contributed by atoms with Gasteiger partial charge < -0.3 is 14.8 Å². The van der Waals surface area contributed by atoms with Gasteiger partial charge in [-0.25, -0.2) is 0 Å². The summed E-state index contributed by atoms with van der Waals surface area (Å²) in [6.07, 6.45) is 1.98. The molecule has 25 heavy (non-hydrogen) atoms. The smallest absolute Gasteiger partial charge is 0.261 e. The summed E-state index contributed by atoms with van der Waals surface area (Å²) < 4.78 is 11.0. The van der Waals surface area contributed by atoms with Crippen molar-refractivity contribution < 1.29 is 14.3 Å². The number of amides is 1. The van der Waals surface area contributed by atoms with Gasteiger partial charge in [-0.15, -0.1) is 0 Å². The molecule has 0 bridgehead atoms. The molecule has 0 radical (unpaired) electrons. The van der Waals surface area contributed by atoms with Crippen molar-refractivity contribution in [3.8, 4) is 11.5 Å². The van der Waals surface area contributed by atoms with E-state index in [0.717, 1.165) is 12.8 Å². The highest BCUT2D eigenvalue weighted by molar-refractivity contribution is 5.81. The van der Waals surface area contributed by atoms with Crippen LogP contribution < -0.4 is 14.8 Å². The third-order valence-corrected chi connectivity index (χ3v) is 4.04. The molecule has 1 N–H and O–H groups in total. The van der Waals surface area contributed by atoms with Crippen LogP contribution in [0.3, 0.4) is 0 Å². The molecule has 1 atom stereocenters. The molecule has 0 heterocycles. The van der Waals surface area contributed by atoms with E-state index in [1.165, 1.54) is 11.1 Å². The van der Waals surface area contributed by atoms with E-state index in [1.54, 1.807) is 13.2 Å². The van der Waals surface area contributed by atoms with Gasteiger partial charge in [0, 0.05) is 12.6 Å². The molecule has 0 saturated heterocycles. The molecule has 0 fully saturated rings. The van der Waals surface area contributed by atoms with Gasteiger partial charge in [0.25, 0.3) is 5.91 Å². The molecule has 4 nitrogen and oxygen atoms in total. The van der Waals surface area contributed by atoms with E-state index in [1.807, 2.05) is 25.1 Å². The van der Waals surface area contributed by atoms with Crippen molar-refractivity contribution in [3.63, 3.8) is 0 Å². The van der Waals surface area contributed by atoms with Crippen LogP contribution >= 0.6 is 0 Å². The first-order valence-corrected chi connectivity index (χ1v) is 8.76. The van der Waals surface area contributed by atoms with Crippen LogP contribution in [0, 0.1) is 6.92 Å². The van der Waals surface area contributed by atoms with Gasteiger partial charge >= 0.3 is 0 Å². The largest absolute Gasteiger partial charge is 0.497 e. The van der Waals surface area contributed by atoms with Crippen LogP contribution in [0.2, 0.25) is 0 Å². The van der Waals surface area contributed by atoms with Crippen LogP contribution in [0.25, 0.3) is 0 Å². The lowest BCUT2D eigenvalue weighted by atomic mass is 10.1. The third-order valence-electron chi connectivity index (χ3n) is 4.04. The van der Waals surface area contributed by atoms with Crippen molar-refractivity contribution in [3.05, 3.63) is 59.7 Å². The highest BCUT2D eigenvalue weighted by atomic mass is 16.5. The Kier molecular flexibility index (Phi) is 7.33. The monoisotopic (exact) mass is 341 g/mol. The summed E-state index contributed by atoms with van der Waals surface area (Å²) in [6, 6.07) is 15.8. The number of carbonyl (C=O) groups excluding carboxylic acids is 1. The minimum Gasteiger partial charge on any atom is -0.497 e. The molecule has 0 spiro atoms. The molecule has 4 heteroatoms. The van der Waals surface area contributed by atoms with E-state index in [4.69, 9.17) is 9.47 Å². The van der Waals surface area contributed by atoms with Crippen molar-refractivity contribution >= 4 is 5.91 Å². The Bertz CT molecular complexity index is 667. The minimum atomic E-state index is -0.494. The number of hydrogen-bond acceptors (Lipinski definition) is 3. The Morgan fingerprint density at radius 3 is 2.52 bits per heavy atom. The summed E-state index contributed by atoms with van der Waals surface area (Å²) in [4.78, 5) is 12.3. The number of carbonyl (C=O) groups is 1.